The fourth-order valence-corrected chi connectivity index (χ4v) is 3.37. The summed E-state index contributed by atoms with van der Waals surface area (Å²) in [4.78, 5) is -0.349. The molecule has 102 valence electrons. The van der Waals surface area contributed by atoms with Gasteiger partial charge in [-0.15, -0.1) is 0 Å². The summed E-state index contributed by atoms with van der Waals surface area (Å²) in [5.41, 5.74) is 5.41. The molecular weight excluding hydrogens is 302 g/mol. The average Bonchev–Trinajstić information content (AvgIpc) is 2.32. The fourth-order valence-electron chi connectivity index (χ4n) is 1.30. The zero-order valence-corrected chi connectivity index (χ0v) is 11.9. The molecule has 0 heterocycles. The van der Waals surface area contributed by atoms with Gasteiger partial charge in [-0.05, 0) is 18.6 Å². The Balaban J connectivity index is 3.17. The van der Waals surface area contributed by atoms with Gasteiger partial charge in [0.05, 0.1) is 10.0 Å². The average molecular weight is 315 g/mol. The predicted molar refractivity (Wildman–Crippen MR) is 69.9 cm³/mol. The van der Waals surface area contributed by atoms with Gasteiger partial charge in [0.1, 0.15) is 4.90 Å². The maximum absolute atomic E-state index is 13.4. The molecule has 0 aliphatic carbocycles. The molecule has 0 saturated heterocycles. The molecule has 1 aromatic rings. The van der Waals surface area contributed by atoms with Crippen molar-refractivity contribution in [2.24, 2.45) is 5.73 Å². The summed E-state index contributed by atoms with van der Waals surface area (Å²) in [7, 11) is -3.91. The molecule has 0 fully saturated rings. The van der Waals surface area contributed by atoms with Gasteiger partial charge in [0.25, 0.3) is 0 Å². The minimum atomic E-state index is -3.91. The summed E-state index contributed by atoms with van der Waals surface area (Å²) in [6.07, 6.45) is 0.517. The lowest BCUT2D eigenvalue weighted by Gasteiger charge is -2.15. The maximum atomic E-state index is 13.4. The normalized spacial score (nSPS) is 13.6. The van der Waals surface area contributed by atoms with Crippen LogP contribution in [0.5, 0.6) is 0 Å². The molecule has 4 nitrogen and oxygen atoms in total. The highest BCUT2D eigenvalue weighted by Gasteiger charge is 2.23. The van der Waals surface area contributed by atoms with Crippen LogP contribution in [0.1, 0.15) is 13.3 Å². The zero-order valence-electron chi connectivity index (χ0n) is 9.58. The summed E-state index contributed by atoms with van der Waals surface area (Å²) in [6.45, 7) is 1.92. The Morgan fingerprint density at radius 2 is 2.06 bits per heavy atom. The number of benzene rings is 1. The molecule has 0 saturated carbocycles. The SMILES string of the molecule is CCC(CN)NS(=O)(=O)c1ccc(Cl)c(F)c1Cl. The van der Waals surface area contributed by atoms with Gasteiger partial charge >= 0.3 is 0 Å². The van der Waals surface area contributed by atoms with Crippen molar-refractivity contribution >= 4 is 33.2 Å². The Morgan fingerprint density at radius 3 is 2.56 bits per heavy atom. The summed E-state index contributed by atoms with van der Waals surface area (Å²) in [5.74, 6) is -0.956. The number of halogens is 3. The third-order valence-electron chi connectivity index (χ3n) is 2.39. The number of rotatable bonds is 5. The monoisotopic (exact) mass is 314 g/mol. The number of hydrogen-bond acceptors (Lipinski definition) is 3. The van der Waals surface area contributed by atoms with Crippen molar-refractivity contribution in [3.63, 3.8) is 0 Å². The van der Waals surface area contributed by atoms with E-state index in [1.807, 2.05) is 0 Å². The summed E-state index contributed by atoms with van der Waals surface area (Å²) in [6, 6.07) is 1.87. The standard InChI is InChI=1S/C10H13Cl2FN2O2S/c1-2-6(5-14)15-18(16,17)8-4-3-7(11)10(13)9(8)12/h3-4,6,15H,2,5,14H2,1H3. The second-order valence-corrected chi connectivity index (χ2v) is 6.10. The van der Waals surface area contributed by atoms with Crippen molar-refractivity contribution in [1.29, 1.82) is 0 Å². The van der Waals surface area contributed by atoms with Gasteiger partial charge in [0.2, 0.25) is 10.0 Å². The van der Waals surface area contributed by atoms with Gasteiger partial charge in [-0.1, -0.05) is 30.1 Å². The van der Waals surface area contributed by atoms with E-state index < -0.39 is 26.9 Å². The van der Waals surface area contributed by atoms with Crippen LogP contribution in [0.2, 0.25) is 10.0 Å². The minimum Gasteiger partial charge on any atom is -0.329 e. The molecule has 0 aliphatic heterocycles. The van der Waals surface area contributed by atoms with E-state index in [0.717, 1.165) is 12.1 Å². The quantitative estimate of drug-likeness (QED) is 0.818. The van der Waals surface area contributed by atoms with E-state index in [-0.39, 0.29) is 16.5 Å². The number of sulfonamides is 1. The summed E-state index contributed by atoms with van der Waals surface area (Å²) >= 11 is 11.1. The molecule has 1 rings (SSSR count). The van der Waals surface area contributed by atoms with Crippen LogP contribution in [0.4, 0.5) is 4.39 Å². The number of nitrogens with one attached hydrogen (secondary N) is 1. The van der Waals surface area contributed by atoms with E-state index >= 15 is 0 Å². The lowest BCUT2D eigenvalue weighted by atomic mass is 10.2. The molecule has 0 radical (unpaired) electrons. The van der Waals surface area contributed by atoms with E-state index in [2.05, 4.69) is 4.72 Å². The van der Waals surface area contributed by atoms with Crippen molar-refractivity contribution in [2.45, 2.75) is 24.3 Å². The Hall–Kier alpha value is -0.400. The number of nitrogens with two attached hydrogens (primary N) is 1. The molecule has 0 amide bonds. The van der Waals surface area contributed by atoms with Crippen molar-refractivity contribution < 1.29 is 12.8 Å². The molecule has 0 aliphatic rings. The Kier molecular flexibility index (Phi) is 5.36. The molecule has 18 heavy (non-hydrogen) atoms. The Bertz CT molecular complexity index is 533. The third-order valence-corrected chi connectivity index (χ3v) is 4.72. The van der Waals surface area contributed by atoms with E-state index in [1.54, 1.807) is 6.92 Å². The van der Waals surface area contributed by atoms with Gasteiger partial charge in [0.15, 0.2) is 5.82 Å². The van der Waals surface area contributed by atoms with Crippen LogP contribution in [0, 0.1) is 5.82 Å². The Labute approximate surface area is 115 Å². The zero-order chi connectivity index (χ0) is 13.9. The van der Waals surface area contributed by atoms with Gasteiger partial charge in [-0.3, -0.25) is 0 Å². The smallest absolute Gasteiger partial charge is 0.242 e. The largest absolute Gasteiger partial charge is 0.329 e. The van der Waals surface area contributed by atoms with E-state index in [9.17, 15) is 12.8 Å². The molecule has 0 spiro atoms. The van der Waals surface area contributed by atoms with Crippen LogP contribution < -0.4 is 10.5 Å². The molecule has 1 unspecified atom stereocenters. The second-order valence-electron chi connectivity index (χ2n) is 3.64. The van der Waals surface area contributed by atoms with Crippen molar-refractivity contribution in [3.05, 3.63) is 28.0 Å². The van der Waals surface area contributed by atoms with E-state index in [1.165, 1.54) is 0 Å². The van der Waals surface area contributed by atoms with Crippen molar-refractivity contribution in [1.82, 2.24) is 4.72 Å². The topological polar surface area (TPSA) is 72.2 Å². The highest BCUT2D eigenvalue weighted by Crippen LogP contribution is 2.29. The highest BCUT2D eigenvalue weighted by molar-refractivity contribution is 7.89. The molecule has 0 aromatic heterocycles. The van der Waals surface area contributed by atoms with Gasteiger partial charge < -0.3 is 5.73 Å². The predicted octanol–water partition coefficient (Wildman–Crippen LogP) is 2.15. The van der Waals surface area contributed by atoms with Crippen molar-refractivity contribution in [3.8, 4) is 0 Å². The molecule has 1 aromatic carbocycles. The first kappa shape index (κ1) is 15.7. The summed E-state index contributed by atoms with van der Waals surface area (Å²) in [5, 5.41) is -0.758. The van der Waals surface area contributed by atoms with Crippen LogP contribution in [0.25, 0.3) is 0 Å². The lowest BCUT2D eigenvalue weighted by molar-refractivity contribution is 0.541. The molecule has 1 atom stereocenters. The fraction of sp³-hybridized carbons (Fsp3) is 0.400. The lowest BCUT2D eigenvalue weighted by Crippen LogP contribution is -2.39. The van der Waals surface area contributed by atoms with Crippen molar-refractivity contribution in [2.75, 3.05) is 6.54 Å². The van der Waals surface area contributed by atoms with Gasteiger partial charge in [0, 0.05) is 12.6 Å². The third kappa shape index (κ3) is 3.33. The van der Waals surface area contributed by atoms with Crippen LogP contribution in [0.3, 0.4) is 0 Å². The van der Waals surface area contributed by atoms with E-state index in [0.29, 0.717) is 6.42 Å². The van der Waals surface area contributed by atoms with Crippen LogP contribution >= 0.6 is 23.2 Å². The first-order chi connectivity index (χ1) is 8.33. The van der Waals surface area contributed by atoms with E-state index in [4.69, 9.17) is 28.9 Å². The number of hydrogen-bond donors (Lipinski definition) is 2. The Morgan fingerprint density at radius 1 is 1.44 bits per heavy atom. The maximum Gasteiger partial charge on any atom is 0.242 e. The van der Waals surface area contributed by atoms with Gasteiger partial charge in [-0.2, -0.15) is 0 Å². The van der Waals surface area contributed by atoms with Gasteiger partial charge in [-0.25, -0.2) is 17.5 Å². The second kappa shape index (κ2) is 6.16. The molecule has 3 N–H and O–H groups in total. The van der Waals surface area contributed by atoms with Crippen LogP contribution in [-0.2, 0) is 10.0 Å². The van der Waals surface area contributed by atoms with Crippen LogP contribution in [0.15, 0.2) is 17.0 Å². The molecule has 8 heteroatoms. The van der Waals surface area contributed by atoms with Crippen LogP contribution in [-0.4, -0.2) is 21.0 Å². The molecular formula is C10H13Cl2FN2O2S. The highest BCUT2D eigenvalue weighted by atomic mass is 35.5. The first-order valence-corrected chi connectivity index (χ1v) is 7.43. The summed E-state index contributed by atoms with van der Waals surface area (Å²) < 4.78 is 39.8. The first-order valence-electron chi connectivity index (χ1n) is 5.19. The minimum absolute atomic E-state index is 0.142. The molecule has 0 bridgehead atoms.